The zero-order chi connectivity index (χ0) is 19.3. The quantitative estimate of drug-likeness (QED) is 0.559. The molecule has 2 aromatic rings. The maximum absolute atomic E-state index is 10.0. The van der Waals surface area contributed by atoms with E-state index in [4.69, 9.17) is 9.47 Å². The summed E-state index contributed by atoms with van der Waals surface area (Å²) in [5, 5.41) is 20.0. The number of ether oxygens (including phenoxy) is 2. The average Bonchev–Trinajstić information content (AvgIpc) is 2.60. The second-order valence-electron chi connectivity index (χ2n) is 6.42. The molecule has 0 unspecified atom stereocenters. The zero-order valence-electron chi connectivity index (χ0n) is 16.0. The van der Waals surface area contributed by atoms with Crippen LogP contribution in [0, 0.1) is 6.92 Å². The van der Waals surface area contributed by atoms with Gasteiger partial charge in [-0.2, -0.15) is 0 Å². The third kappa shape index (κ3) is 4.60. The van der Waals surface area contributed by atoms with Crippen LogP contribution in [0.25, 0.3) is 12.2 Å². The molecule has 0 aliphatic rings. The number of benzene rings is 2. The van der Waals surface area contributed by atoms with Gasteiger partial charge in [-0.3, -0.25) is 0 Å². The minimum absolute atomic E-state index is 0.146. The molecule has 0 amide bonds. The van der Waals surface area contributed by atoms with Gasteiger partial charge in [0.1, 0.15) is 11.5 Å². The number of aryl methyl sites for hydroxylation is 1. The first kappa shape index (κ1) is 19.4. The molecule has 26 heavy (non-hydrogen) atoms. The molecular weight excluding hydrogens is 328 g/mol. The van der Waals surface area contributed by atoms with Crippen LogP contribution in [-0.4, -0.2) is 24.4 Å². The van der Waals surface area contributed by atoms with Crippen LogP contribution < -0.4 is 9.47 Å². The van der Waals surface area contributed by atoms with Crippen LogP contribution in [0.5, 0.6) is 23.0 Å². The number of aromatic hydroxyl groups is 2. The lowest BCUT2D eigenvalue weighted by Gasteiger charge is -2.12. The normalized spacial score (nSPS) is 10.8. The van der Waals surface area contributed by atoms with Crippen LogP contribution in [0.4, 0.5) is 0 Å². The number of hydrogen-bond acceptors (Lipinski definition) is 4. The Kier molecular flexibility index (Phi) is 6.34. The Hall–Kier alpha value is -2.88. The van der Waals surface area contributed by atoms with E-state index in [9.17, 15) is 10.2 Å². The Morgan fingerprint density at radius 2 is 1.65 bits per heavy atom. The van der Waals surface area contributed by atoms with Crippen molar-refractivity contribution in [2.24, 2.45) is 0 Å². The molecule has 0 heterocycles. The minimum Gasteiger partial charge on any atom is -0.508 e. The van der Waals surface area contributed by atoms with Crippen molar-refractivity contribution in [3.8, 4) is 23.0 Å². The topological polar surface area (TPSA) is 58.9 Å². The van der Waals surface area contributed by atoms with Gasteiger partial charge in [-0.05, 0) is 62.1 Å². The van der Waals surface area contributed by atoms with Crippen molar-refractivity contribution in [1.82, 2.24) is 0 Å². The first-order chi connectivity index (χ1) is 12.3. The molecule has 0 atom stereocenters. The van der Waals surface area contributed by atoms with E-state index in [-0.39, 0.29) is 11.5 Å². The predicted octanol–water partition coefficient (Wildman–Crippen LogP) is 5.10. The van der Waals surface area contributed by atoms with Crippen molar-refractivity contribution in [3.63, 3.8) is 0 Å². The summed E-state index contributed by atoms with van der Waals surface area (Å²) >= 11 is 0. The number of allylic oxidation sites excluding steroid dienone is 2. The lowest BCUT2D eigenvalue weighted by Crippen LogP contribution is -1.95. The summed E-state index contributed by atoms with van der Waals surface area (Å²) in [4.78, 5) is 0. The molecule has 2 aromatic carbocycles. The minimum atomic E-state index is 0.146. The number of methoxy groups -OCH3 is 2. The molecule has 0 radical (unpaired) electrons. The zero-order valence-corrected chi connectivity index (χ0v) is 16.0. The number of rotatable bonds is 6. The molecule has 0 fully saturated rings. The van der Waals surface area contributed by atoms with E-state index in [1.165, 1.54) is 12.7 Å². The summed E-state index contributed by atoms with van der Waals surface area (Å²) in [6, 6.07) is 7.00. The van der Waals surface area contributed by atoms with Crippen LogP contribution in [0.1, 0.15) is 36.1 Å². The highest BCUT2D eigenvalue weighted by Gasteiger charge is 2.10. The molecular formula is C22H26O4. The molecule has 2 N–H and O–H groups in total. The SMILES string of the molecule is COc1cc(C=Cc2cc(O)cc(OC)c2CC=C(C)C)cc(C)c1O. The maximum Gasteiger partial charge on any atom is 0.161 e. The lowest BCUT2D eigenvalue weighted by molar-refractivity contribution is 0.371. The molecule has 0 saturated heterocycles. The molecule has 0 bridgehead atoms. The Morgan fingerprint density at radius 1 is 0.962 bits per heavy atom. The van der Waals surface area contributed by atoms with Crippen molar-refractivity contribution < 1.29 is 19.7 Å². The van der Waals surface area contributed by atoms with Gasteiger partial charge in [0.2, 0.25) is 0 Å². The van der Waals surface area contributed by atoms with Crippen LogP contribution in [0.2, 0.25) is 0 Å². The maximum atomic E-state index is 10.0. The third-order valence-corrected chi connectivity index (χ3v) is 4.13. The summed E-state index contributed by atoms with van der Waals surface area (Å²) < 4.78 is 10.7. The Balaban J connectivity index is 2.48. The Bertz CT molecular complexity index is 844. The highest BCUT2D eigenvalue weighted by Crippen LogP contribution is 2.33. The van der Waals surface area contributed by atoms with Crippen molar-refractivity contribution in [2.75, 3.05) is 14.2 Å². The first-order valence-corrected chi connectivity index (χ1v) is 8.44. The van der Waals surface area contributed by atoms with Gasteiger partial charge in [0.15, 0.2) is 11.5 Å². The van der Waals surface area contributed by atoms with Gasteiger partial charge in [0.25, 0.3) is 0 Å². The largest absolute Gasteiger partial charge is 0.508 e. The fourth-order valence-corrected chi connectivity index (χ4v) is 2.72. The Morgan fingerprint density at radius 3 is 2.27 bits per heavy atom. The molecule has 138 valence electrons. The van der Waals surface area contributed by atoms with Crippen molar-refractivity contribution in [2.45, 2.75) is 27.2 Å². The Labute approximate surface area is 155 Å². The van der Waals surface area contributed by atoms with Gasteiger partial charge in [0.05, 0.1) is 14.2 Å². The molecule has 2 rings (SSSR count). The number of phenolic OH excluding ortho intramolecular Hbond substituents is 2. The van der Waals surface area contributed by atoms with Gasteiger partial charge in [-0.25, -0.2) is 0 Å². The van der Waals surface area contributed by atoms with Crippen LogP contribution in [0.3, 0.4) is 0 Å². The van der Waals surface area contributed by atoms with Crippen LogP contribution in [-0.2, 0) is 6.42 Å². The van der Waals surface area contributed by atoms with E-state index in [2.05, 4.69) is 6.08 Å². The van der Waals surface area contributed by atoms with Gasteiger partial charge in [0, 0.05) is 11.6 Å². The van der Waals surface area contributed by atoms with Crippen molar-refractivity contribution in [3.05, 3.63) is 58.2 Å². The molecule has 0 aliphatic heterocycles. The highest BCUT2D eigenvalue weighted by atomic mass is 16.5. The van der Waals surface area contributed by atoms with Crippen molar-refractivity contribution >= 4 is 12.2 Å². The number of phenols is 2. The van der Waals surface area contributed by atoms with Crippen molar-refractivity contribution in [1.29, 1.82) is 0 Å². The van der Waals surface area contributed by atoms with E-state index >= 15 is 0 Å². The average molecular weight is 354 g/mol. The summed E-state index contributed by atoms with van der Waals surface area (Å²) in [6.45, 7) is 5.93. The van der Waals surface area contributed by atoms with Gasteiger partial charge in [-0.15, -0.1) is 0 Å². The lowest BCUT2D eigenvalue weighted by atomic mass is 10.00. The van der Waals surface area contributed by atoms with Crippen LogP contribution >= 0.6 is 0 Å². The van der Waals surface area contributed by atoms with E-state index in [1.54, 1.807) is 25.3 Å². The van der Waals surface area contributed by atoms with Crippen LogP contribution in [0.15, 0.2) is 35.9 Å². The highest BCUT2D eigenvalue weighted by molar-refractivity contribution is 5.75. The third-order valence-electron chi connectivity index (χ3n) is 4.13. The fourth-order valence-electron chi connectivity index (χ4n) is 2.72. The van der Waals surface area contributed by atoms with E-state index in [1.807, 2.05) is 39.0 Å². The van der Waals surface area contributed by atoms with E-state index < -0.39 is 0 Å². The molecule has 0 saturated carbocycles. The van der Waals surface area contributed by atoms with Gasteiger partial charge in [-0.1, -0.05) is 23.8 Å². The molecule has 0 aromatic heterocycles. The fraction of sp³-hybridized carbons (Fsp3) is 0.273. The monoisotopic (exact) mass is 354 g/mol. The second-order valence-corrected chi connectivity index (χ2v) is 6.42. The van der Waals surface area contributed by atoms with E-state index in [0.29, 0.717) is 17.9 Å². The molecule has 4 nitrogen and oxygen atoms in total. The summed E-state index contributed by atoms with van der Waals surface area (Å²) in [6.07, 6.45) is 6.69. The first-order valence-electron chi connectivity index (χ1n) is 8.44. The summed E-state index contributed by atoms with van der Waals surface area (Å²) in [5.74, 6) is 1.39. The molecule has 0 spiro atoms. The second kappa shape index (κ2) is 8.48. The molecule has 0 aliphatic carbocycles. The van der Waals surface area contributed by atoms with Gasteiger partial charge < -0.3 is 19.7 Å². The van der Waals surface area contributed by atoms with Gasteiger partial charge >= 0.3 is 0 Å². The summed E-state index contributed by atoms with van der Waals surface area (Å²) in [7, 11) is 3.13. The predicted molar refractivity (Wildman–Crippen MR) is 106 cm³/mol. The summed E-state index contributed by atoms with van der Waals surface area (Å²) in [5.41, 5.74) is 4.73. The van der Waals surface area contributed by atoms with E-state index in [0.717, 1.165) is 22.3 Å². The molecule has 4 heteroatoms. The smallest absolute Gasteiger partial charge is 0.161 e. The standard InChI is InChI=1S/C22H26O4/c1-14(2)6-9-19-17(12-18(23)13-20(19)25-4)8-7-16-10-15(3)22(24)21(11-16)26-5/h6-8,10-13,23-24H,9H2,1-5H3. The number of hydrogen-bond donors (Lipinski definition) is 2.